The number of hydrogen-bond donors (Lipinski definition) is 1. The average Bonchev–Trinajstić information content (AvgIpc) is 2.15. The van der Waals surface area contributed by atoms with Crippen molar-refractivity contribution >= 4 is 29.2 Å². The van der Waals surface area contributed by atoms with Gasteiger partial charge in [0.2, 0.25) is 0 Å². The Morgan fingerprint density at radius 1 is 1.35 bits per heavy atom. The number of nitrogens with zero attached hydrogens (tertiary/aromatic N) is 1. The summed E-state index contributed by atoms with van der Waals surface area (Å²) in [6, 6.07) is 4.74. The lowest BCUT2D eigenvalue weighted by Crippen LogP contribution is -2.37. The molecule has 0 aliphatic heterocycles. The lowest BCUT2D eigenvalue weighted by Gasteiger charge is -2.23. The number of benzene rings is 1. The van der Waals surface area contributed by atoms with E-state index in [2.05, 4.69) is 0 Å². The molecule has 0 heterocycles. The van der Waals surface area contributed by atoms with Gasteiger partial charge in [-0.1, -0.05) is 30.1 Å². The number of carboxylic acid groups (broad SMARTS) is 1. The Morgan fingerprint density at radius 3 is 2.29 bits per heavy atom. The number of hydrogen-bond acceptors (Lipinski definition) is 2. The molecule has 0 saturated heterocycles. The molecule has 0 fully saturated rings. The third-order valence-electron chi connectivity index (χ3n) is 2.56. The van der Waals surface area contributed by atoms with Crippen LogP contribution >= 0.6 is 23.2 Å². The number of carboxylic acids is 1. The summed E-state index contributed by atoms with van der Waals surface area (Å²) in [6.07, 6.45) is 0.556. The molecule has 1 aromatic rings. The van der Waals surface area contributed by atoms with E-state index in [0.717, 1.165) is 5.56 Å². The molecule has 5 heteroatoms. The van der Waals surface area contributed by atoms with E-state index in [1.165, 1.54) is 0 Å². The fraction of sp³-hybridized carbons (Fsp3) is 0.417. The smallest absolute Gasteiger partial charge is 0.320 e. The van der Waals surface area contributed by atoms with Crippen LogP contribution in [-0.4, -0.2) is 29.1 Å². The molecule has 1 rings (SSSR count). The van der Waals surface area contributed by atoms with Gasteiger partial charge < -0.3 is 5.11 Å². The molecule has 3 nitrogen and oxygen atoms in total. The first-order chi connectivity index (χ1) is 7.93. The van der Waals surface area contributed by atoms with Crippen molar-refractivity contribution in [2.45, 2.75) is 25.9 Å². The molecular weight excluding hydrogens is 261 g/mol. The number of likely N-dealkylation sites (N-methyl/N-ethyl adjacent to an activating group) is 1. The van der Waals surface area contributed by atoms with Crippen LogP contribution in [0.3, 0.4) is 0 Å². The molecule has 0 aromatic heterocycles. The third kappa shape index (κ3) is 4.19. The highest BCUT2D eigenvalue weighted by atomic mass is 35.5. The van der Waals surface area contributed by atoms with E-state index in [-0.39, 0.29) is 0 Å². The lowest BCUT2D eigenvalue weighted by molar-refractivity contribution is -0.143. The predicted molar refractivity (Wildman–Crippen MR) is 69.6 cm³/mol. The van der Waals surface area contributed by atoms with Crippen molar-refractivity contribution in [3.05, 3.63) is 33.8 Å². The van der Waals surface area contributed by atoms with Crippen LogP contribution in [0.2, 0.25) is 10.0 Å². The molecule has 0 saturated carbocycles. The van der Waals surface area contributed by atoms with Crippen LogP contribution in [0, 0.1) is 0 Å². The van der Waals surface area contributed by atoms with Gasteiger partial charge in [0, 0.05) is 16.6 Å². The van der Waals surface area contributed by atoms with Gasteiger partial charge in [-0.2, -0.15) is 0 Å². The summed E-state index contributed by atoms with van der Waals surface area (Å²) in [5.74, 6) is -0.817. The zero-order chi connectivity index (χ0) is 13.0. The minimum Gasteiger partial charge on any atom is -0.480 e. The van der Waals surface area contributed by atoms with Crippen molar-refractivity contribution in [2.24, 2.45) is 0 Å². The fourth-order valence-corrected chi connectivity index (χ4v) is 2.35. The summed E-state index contributed by atoms with van der Waals surface area (Å²) in [5.41, 5.74) is 0.907. The minimum atomic E-state index is -0.817. The Labute approximate surface area is 111 Å². The largest absolute Gasteiger partial charge is 0.480 e. The van der Waals surface area contributed by atoms with Gasteiger partial charge in [0.1, 0.15) is 6.04 Å². The average molecular weight is 276 g/mol. The topological polar surface area (TPSA) is 40.5 Å². The quantitative estimate of drug-likeness (QED) is 0.897. The van der Waals surface area contributed by atoms with E-state index in [1.807, 2.05) is 6.92 Å². The number of aliphatic carboxylic acids is 1. The normalized spacial score (nSPS) is 12.8. The van der Waals surface area contributed by atoms with Crippen LogP contribution in [0.15, 0.2) is 18.2 Å². The van der Waals surface area contributed by atoms with Gasteiger partial charge in [0.05, 0.1) is 0 Å². The summed E-state index contributed by atoms with van der Waals surface area (Å²) in [6.45, 7) is 2.35. The van der Waals surface area contributed by atoms with E-state index in [0.29, 0.717) is 23.0 Å². The summed E-state index contributed by atoms with van der Waals surface area (Å²) in [4.78, 5) is 12.8. The maximum Gasteiger partial charge on any atom is 0.320 e. The van der Waals surface area contributed by atoms with Crippen molar-refractivity contribution in [3.63, 3.8) is 0 Å². The molecule has 1 unspecified atom stereocenters. The maximum absolute atomic E-state index is 11.0. The molecule has 94 valence electrons. The van der Waals surface area contributed by atoms with Crippen LogP contribution in [0.1, 0.15) is 18.9 Å². The maximum atomic E-state index is 11.0. The molecular formula is C12H15Cl2NO2. The highest BCUT2D eigenvalue weighted by Crippen LogP contribution is 2.20. The van der Waals surface area contributed by atoms with Gasteiger partial charge in [0.15, 0.2) is 0 Å². The van der Waals surface area contributed by atoms with Gasteiger partial charge >= 0.3 is 5.97 Å². The second-order valence-electron chi connectivity index (χ2n) is 3.96. The van der Waals surface area contributed by atoms with Crippen molar-refractivity contribution in [2.75, 3.05) is 7.05 Å². The van der Waals surface area contributed by atoms with Crippen LogP contribution in [0.4, 0.5) is 0 Å². The molecule has 1 atom stereocenters. The van der Waals surface area contributed by atoms with E-state index in [4.69, 9.17) is 28.3 Å². The molecule has 1 aromatic carbocycles. The Morgan fingerprint density at radius 2 is 1.88 bits per heavy atom. The van der Waals surface area contributed by atoms with Crippen molar-refractivity contribution in [1.82, 2.24) is 4.90 Å². The van der Waals surface area contributed by atoms with Crippen LogP contribution < -0.4 is 0 Å². The zero-order valence-corrected chi connectivity index (χ0v) is 11.3. The van der Waals surface area contributed by atoms with Crippen molar-refractivity contribution in [3.8, 4) is 0 Å². The monoisotopic (exact) mass is 275 g/mol. The van der Waals surface area contributed by atoms with E-state index in [1.54, 1.807) is 30.1 Å². The van der Waals surface area contributed by atoms with Gasteiger partial charge in [-0.15, -0.1) is 0 Å². The molecule has 0 aliphatic carbocycles. The number of carbonyl (C=O) groups is 1. The van der Waals surface area contributed by atoms with Crippen LogP contribution in [0.5, 0.6) is 0 Å². The third-order valence-corrected chi connectivity index (χ3v) is 2.99. The SMILES string of the molecule is CCC(C(=O)O)N(C)Cc1cc(Cl)cc(Cl)c1. The van der Waals surface area contributed by atoms with E-state index in [9.17, 15) is 4.79 Å². The summed E-state index contributed by atoms with van der Waals surface area (Å²) in [7, 11) is 1.77. The Balaban J connectivity index is 2.79. The molecule has 0 radical (unpaired) electrons. The first kappa shape index (κ1) is 14.3. The standard InChI is InChI=1S/C12H15Cl2NO2/c1-3-11(12(16)17)15(2)7-8-4-9(13)6-10(14)5-8/h4-6,11H,3,7H2,1-2H3,(H,16,17). The number of halogens is 2. The van der Waals surface area contributed by atoms with Crippen molar-refractivity contribution < 1.29 is 9.90 Å². The number of rotatable bonds is 5. The molecule has 1 N–H and O–H groups in total. The lowest BCUT2D eigenvalue weighted by atomic mass is 10.1. The second kappa shape index (κ2) is 6.24. The molecule has 0 aliphatic rings. The molecule has 0 amide bonds. The Bertz CT molecular complexity index is 389. The minimum absolute atomic E-state index is 0.493. The van der Waals surface area contributed by atoms with E-state index < -0.39 is 12.0 Å². The van der Waals surface area contributed by atoms with Gasteiger partial charge in [-0.25, -0.2) is 0 Å². The van der Waals surface area contributed by atoms with Crippen LogP contribution in [-0.2, 0) is 11.3 Å². The zero-order valence-electron chi connectivity index (χ0n) is 9.78. The first-order valence-electron chi connectivity index (χ1n) is 5.32. The van der Waals surface area contributed by atoms with Gasteiger partial charge in [-0.05, 0) is 37.2 Å². The summed E-state index contributed by atoms with van der Waals surface area (Å²) >= 11 is 11.8. The summed E-state index contributed by atoms with van der Waals surface area (Å²) < 4.78 is 0. The van der Waals surface area contributed by atoms with Crippen LogP contribution in [0.25, 0.3) is 0 Å². The predicted octanol–water partition coefficient (Wildman–Crippen LogP) is 3.29. The highest BCUT2D eigenvalue weighted by molar-refractivity contribution is 6.34. The second-order valence-corrected chi connectivity index (χ2v) is 4.83. The molecule has 17 heavy (non-hydrogen) atoms. The first-order valence-corrected chi connectivity index (χ1v) is 6.07. The fourth-order valence-electron chi connectivity index (χ4n) is 1.78. The van der Waals surface area contributed by atoms with E-state index >= 15 is 0 Å². The van der Waals surface area contributed by atoms with Crippen molar-refractivity contribution in [1.29, 1.82) is 0 Å². The summed E-state index contributed by atoms with van der Waals surface area (Å²) in [5, 5.41) is 10.2. The molecule has 0 spiro atoms. The Kier molecular flexibility index (Phi) is 5.25. The highest BCUT2D eigenvalue weighted by Gasteiger charge is 2.20. The molecule has 0 bridgehead atoms. The van der Waals surface area contributed by atoms with Gasteiger partial charge in [-0.3, -0.25) is 9.69 Å². The van der Waals surface area contributed by atoms with Gasteiger partial charge in [0.25, 0.3) is 0 Å². The Hall–Kier alpha value is -0.770.